The van der Waals surface area contributed by atoms with Crippen molar-refractivity contribution in [1.29, 1.82) is 0 Å². The summed E-state index contributed by atoms with van der Waals surface area (Å²) in [6.07, 6.45) is 0.649. The van der Waals surface area contributed by atoms with Crippen molar-refractivity contribution in [3.63, 3.8) is 0 Å². The SMILES string of the molecule is O=C1NC(c2ccccc2Cl)Nc2sc3c(c21)CC[NH+](Cc1ccccc1)C3. The zero-order valence-electron chi connectivity index (χ0n) is 15.3. The van der Waals surface area contributed by atoms with Gasteiger partial charge in [-0.25, -0.2) is 0 Å². The highest BCUT2D eigenvalue weighted by Crippen LogP contribution is 2.39. The maximum atomic E-state index is 12.9. The molecular weight excluding hydrogens is 390 g/mol. The lowest BCUT2D eigenvalue weighted by atomic mass is 10.00. The molecular formula is C22H21ClN3OS+. The van der Waals surface area contributed by atoms with Crippen LogP contribution >= 0.6 is 22.9 Å². The summed E-state index contributed by atoms with van der Waals surface area (Å²) in [7, 11) is 0. The highest BCUT2D eigenvalue weighted by atomic mass is 35.5. The van der Waals surface area contributed by atoms with Crippen LogP contribution in [0.25, 0.3) is 0 Å². The first-order valence-electron chi connectivity index (χ1n) is 9.53. The lowest BCUT2D eigenvalue weighted by Crippen LogP contribution is -3.10. The van der Waals surface area contributed by atoms with Gasteiger partial charge in [0.05, 0.1) is 17.0 Å². The Balaban J connectivity index is 1.40. The summed E-state index contributed by atoms with van der Waals surface area (Å²) >= 11 is 8.06. The van der Waals surface area contributed by atoms with Crippen molar-refractivity contribution in [3.8, 4) is 0 Å². The Morgan fingerprint density at radius 2 is 1.86 bits per heavy atom. The van der Waals surface area contributed by atoms with E-state index in [-0.39, 0.29) is 12.1 Å². The highest BCUT2D eigenvalue weighted by Gasteiger charge is 2.35. The number of halogens is 1. The summed E-state index contributed by atoms with van der Waals surface area (Å²) < 4.78 is 0. The van der Waals surface area contributed by atoms with Crippen LogP contribution in [0.3, 0.4) is 0 Å². The van der Waals surface area contributed by atoms with E-state index < -0.39 is 0 Å². The number of benzene rings is 2. The Labute approximate surface area is 173 Å². The topological polar surface area (TPSA) is 45.6 Å². The van der Waals surface area contributed by atoms with Crippen LogP contribution in [0.5, 0.6) is 0 Å². The van der Waals surface area contributed by atoms with Crippen LogP contribution in [0.4, 0.5) is 5.00 Å². The average molecular weight is 411 g/mol. The van der Waals surface area contributed by atoms with Crippen LogP contribution in [0.1, 0.15) is 38.1 Å². The maximum absolute atomic E-state index is 12.9. The van der Waals surface area contributed by atoms with Crippen molar-refractivity contribution < 1.29 is 9.69 Å². The normalized spacial score (nSPS) is 20.7. The van der Waals surface area contributed by atoms with Gasteiger partial charge in [-0.3, -0.25) is 4.79 Å². The van der Waals surface area contributed by atoms with Crippen molar-refractivity contribution >= 4 is 33.8 Å². The van der Waals surface area contributed by atoms with Crippen molar-refractivity contribution in [2.75, 3.05) is 11.9 Å². The fourth-order valence-electron chi connectivity index (χ4n) is 4.15. The van der Waals surface area contributed by atoms with E-state index in [0.717, 1.165) is 42.2 Å². The lowest BCUT2D eigenvalue weighted by Gasteiger charge is -2.28. The van der Waals surface area contributed by atoms with E-state index in [1.807, 2.05) is 24.3 Å². The first-order valence-corrected chi connectivity index (χ1v) is 10.7. The highest BCUT2D eigenvalue weighted by molar-refractivity contribution is 7.16. The summed E-state index contributed by atoms with van der Waals surface area (Å²) in [5.41, 5.74) is 4.31. The molecule has 2 atom stereocenters. The molecule has 0 radical (unpaired) electrons. The van der Waals surface area contributed by atoms with Crippen molar-refractivity contribution in [2.24, 2.45) is 0 Å². The van der Waals surface area contributed by atoms with Gasteiger partial charge in [-0.05, 0) is 11.6 Å². The van der Waals surface area contributed by atoms with E-state index in [1.54, 1.807) is 16.2 Å². The molecule has 0 saturated heterocycles. The van der Waals surface area contributed by atoms with Gasteiger partial charge in [0.2, 0.25) is 0 Å². The first-order chi connectivity index (χ1) is 13.7. The van der Waals surface area contributed by atoms with Crippen LogP contribution < -0.4 is 15.5 Å². The number of thiophene rings is 1. The van der Waals surface area contributed by atoms with Crippen LogP contribution in [0.2, 0.25) is 5.02 Å². The minimum absolute atomic E-state index is 0.00248. The third-order valence-electron chi connectivity index (χ3n) is 5.52. The average Bonchev–Trinajstić information content (AvgIpc) is 3.07. The molecule has 142 valence electrons. The van der Waals surface area contributed by atoms with Crippen LogP contribution in [-0.2, 0) is 19.5 Å². The first kappa shape index (κ1) is 17.7. The van der Waals surface area contributed by atoms with Crippen LogP contribution in [0.15, 0.2) is 54.6 Å². The number of amides is 1. The van der Waals surface area contributed by atoms with Crippen molar-refractivity contribution in [3.05, 3.63) is 86.8 Å². The predicted octanol–water partition coefficient (Wildman–Crippen LogP) is 3.40. The molecule has 0 spiro atoms. The monoisotopic (exact) mass is 410 g/mol. The molecule has 0 fully saturated rings. The maximum Gasteiger partial charge on any atom is 0.256 e. The van der Waals surface area contributed by atoms with Gasteiger partial charge < -0.3 is 15.5 Å². The number of carbonyl (C=O) groups is 1. The van der Waals surface area contributed by atoms with E-state index >= 15 is 0 Å². The second-order valence-corrected chi connectivity index (χ2v) is 8.88. The molecule has 0 bridgehead atoms. The van der Waals surface area contributed by atoms with Gasteiger partial charge in [0, 0.05) is 22.6 Å². The van der Waals surface area contributed by atoms with Gasteiger partial charge in [0.15, 0.2) is 0 Å². The number of nitrogens with one attached hydrogen (secondary N) is 3. The van der Waals surface area contributed by atoms with E-state index in [1.165, 1.54) is 16.0 Å². The van der Waals surface area contributed by atoms with E-state index in [2.05, 4.69) is 41.0 Å². The van der Waals surface area contributed by atoms with Crippen molar-refractivity contribution in [1.82, 2.24) is 5.32 Å². The molecule has 2 unspecified atom stereocenters. The number of quaternary nitrogens is 1. The molecule has 3 N–H and O–H groups in total. The Kier molecular flexibility index (Phi) is 4.59. The van der Waals surface area contributed by atoms with Gasteiger partial charge in [0.25, 0.3) is 5.91 Å². The third-order valence-corrected chi connectivity index (χ3v) is 7.03. The molecule has 4 nitrogen and oxygen atoms in total. The van der Waals surface area contributed by atoms with Crippen LogP contribution in [-0.4, -0.2) is 12.5 Å². The number of hydrogen-bond donors (Lipinski definition) is 3. The van der Waals surface area contributed by atoms with Crippen molar-refractivity contribution in [2.45, 2.75) is 25.7 Å². The molecule has 3 heterocycles. The Hall–Kier alpha value is -2.34. The molecule has 6 heteroatoms. The van der Waals surface area contributed by atoms with Gasteiger partial charge in [-0.15, -0.1) is 11.3 Å². The number of hydrogen-bond acceptors (Lipinski definition) is 3. The quantitative estimate of drug-likeness (QED) is 0.619. The fourth-order valence-corrected chi connectivity index (χ4v) is 5.74. The minimum Gasteiger partial charge on any atom is -0.353 e. The van der Waals surface area contributed by atoms with Crippen LogP contribution in [0, 0.1) is 0 Å². The standard InChI is InChI=1S/C22H20ClN3OS/c23-17-9-5-4-8-15(17)20-24-21(27)19-16-10-11-26(12-14-6-2-1-3-7-14)13-18(16)28-22(19)25-20/h1-9,20,25H,10-13H2,(H,24,27)/p+1. The van der Waals surface area contributed by atoms with E-state index in [0.29, 0.717) is 5.02 Å². The molecule has 2 aliphatic rings. The van der Waals surface area contributed by atoms with Gasteiger partial charge in [-0.2, -0.15) is 0 Å². The molecule has 5 rings (SSSR count). The Bertz CT molecular complexity index is 1030. The molecule has 1 amide bonds. The molecule has 0 aliphatic carbocycles. The predicted molar refractivity (Wildman–Crippen MR) is 113 cm³/mol. The lowest BCUT2D eigenvalue weighted by molar-refractivity contribution is -0.929. The second kappa shape index (κ2) is 7.24. The zero-order chi connectivity index (χ0) is 19.1. The summed E-state index contributed by atoms with van der Waals surface area (Å²) in [5, 5.41) is 8.21. The largest absolute Gasteiger partial charge is 0.353 e. The molecule has 2 aromatic carbocycles. The fraction of sp³-hybridized carbons (Fsp3) is 0.227. The van der Waals surface area contributed by atoms with E-state index in [4.69, 9.17) is 11.6 Å². The number of fused-ring (bicyclic) bond motifs is 3. The number of rotatable bonds is 3. The summed E-state index contributed by atoms with van der Waals surface area (Å²) in [6, 6.07) is 18.3. The molecule has 2 aliphatic heterocycles. The Morgan fingerprint density at radius 3 is 2.68 bits per heavy atom. The van der Waals surface area contributed by atoms with Gasteiger partial charge in [-0.1, -0.05) is 60.1 Å². The number of anilines is 1. The zero-order valence-corrected chi connectivity index (χ0v) is 16.9. The molecule has 3 aromatic rings. The minimum atomic E-state index is -0.290. The molecule has 0 saturated carbocycles. The van der Waals surface area contributed by atoms with Gasteiger partial charge in [0.1, 0.15) is 24.3 Å². The van der Waals surface area contributed by atoms with Gasteiger partial charge >= 0.3 is 0 Å². The molecule has 1 aromatic heterocycles. The second-order valence-electron chi connectivity index (χ2n) is 7.37. The smallest absolute Gasteiger partial charge is 0.256 e. The molecule has 28 heavy (non-hydrogen) atoms. The third kappa shape index (κ3) is 3.20. The Morgan fingerprint density at radius 1 is 1.07 bits per heavy atom. The summed E-state index contributed by atoms with van der Waals surface area (Å²) in [6.45, 7) is 3.03. The summed E-state index contributed by atoms with van der Waals surface area (Å²) in [5.74, 6) is 0.00248. The van der Waals surface area contributed by atoms with E-state index in [9.17, 15) is 4.79 Å². The number of carbonyl (C=O) groups excluding carboxylic acids is 1. The summed E-state index contributed by atoms with van der Waals surface area (Å²) in [4.78, 5) is 15.8.